The van der Waals surface area contributed by atoms with Crippen LogP contribution in [0, 0.1) is 0 Å². The van der Waals surface area contributed by atoms with Crippen molar-refractivity contribution in [1.29, 1.82) is 0 Å². The summed E-state index contributed by atoms with van der Waals surface area (Å²) >= 11 is 0. The van der Waals surface area contributed by atoms with Crippen LogP contribution in [0.5, 0.6) is 5.75 Å². The van der Waals surface area contributed by atoms with Crippen LogP contribution in [0.3, 0.4) is 0 Å². The molecule has 0 radical (unpaired) electrons. The van der Waals surface area contributed by atoms with E-state index in [1.54, 1.807) is 12.0 Å². The summed E-state index contributed by atoms with van der Waals surface area (Å²) < 4.78 is 11.0. The lowest BCUT2D eigenvalue weighted by atomic mass is 9.90. The van der Waals surface area contributed by atoms with E-state index in [1.807, 2.05) is 94.4 Å². The normalized spacial score (nSPS) is 14.1. The molecular formula is C28H29NO4. The van der Waals surface area contributed by atoms with E-state index in [2.05, 4.69) is 0 Å². The van der Waals surface area contributed by atoms with Gasteiger partial charge in [-0.1, -0.05) is 36.4 Å². The van der Waals surface area contributed by atoms with Gasteiger partial charge in [0.05, 0.1) is 19.6 Å². The fraction of sp³-hybridized carbons (Fsp3) is 0.286. The Bertz CT molecular complexity index is 1190. The minimum Gasteiger partial charge on any atom is -0.497 e. The average molecular weight is 444 g/mol. The lowest BCUT2D eigenvalue weighted by Crippen LogP contribution is -2.27. The number of anilines is 1. The quantitative estimate of drug-likeness (QED) is 0.456. The number of amides is 1. The monoisotopic (exact) mass is 443 g/mol. The van der Waals surface area contributed by atoms with Crippen molar-refractivity contribution >= 4 is 17.6 Å². The van der Waals surface area contributed by atoms with Gasteiger partial charge in [-0.3, -0.25) is 9.59 Å². The first-order valence-electron chi connectivity index (χ1n) is 11.1. The zero-order chi connectivity index (χ0) is 23.8. The van der Waals surface area contributed by atoms with Gasteiger partial charge in [0.25, 0.3) is 5.91 Å². The van der Waals surface area contributed by atoms with Crippen molar-refractivity contribution in [2.24, 2.45) is 0 Å². The second-order valence-electron chi connectivity index (χ2n) is 9.30. The lowest BCUT2D eigenvalue weighted by molar-refractivity contribution is -0.156. The molecule has 5 heteroatoms. The molecule has 1 atom stereocenters. The molecule has 1 amide bonds. The molecule has 0 saturated heterocycles. The number of ether oxygens (including phenoxy) is 2. The Hall–Kier alpha value is -3.60. The number of nitrogens with zero attached hydrogens (tertiary/aromatic N) is 1. The zero-order valence-corrected chi connectivity index (χ0v) is 19.7. The largest absolute Gasteiger partial charge is 0.497 e. The number of methoxy groups -OCH3 is 1. The summed E-state index contributed by atoms with van der Waals surface area (Å²) in [6, 6.07) is 21.2. The number of fused-ring (bicyclic) bond motifs is 1. The molecule has 1 unspecified atom stereocenters. The van der Waals surface area contributed by atoms with E-state index < -0.39 is 11.5 Å². The van der Waals surface area contributed by atoms with Gasteiger partial charge in [-0.25, -0.2) is 0 Å². The Morgan fingerprint density at radius 3 is 2.30 bits per heavy atom. The van der Waals surface area contributed by atoms with Crippen LogP contribution in [0.4, 0.5) is 5.69 Å². The molecule has 1 heterocycles. The number of rotatable bonds is 5. The number of carbonyl (C=O) groups is 2. The molecule has 3 aromatic carbocycles. The van der Waals surface area contributed by atoms with Crippen LogP contribution < -0.4 is 9.64 Å². The predicted molar refractivity (Wildman–Crippen MR) is 130 cm³/mol. The minimum absolute atomic E-state index is 0.0146. The average Bonchev–Trinajstić information content (AvgIpc) is 3.14. The number of hydrogen-bond acceptors (Lipinski definition) is 4. The number of benzene rings is 3. The van der Waals surface area contributed by atoms with Crippen LogP contribution in [-0.2, 0) is 16.1 Å². The van der Waals surface area contributed by atoms with Crippen molar-refractivity contribution in [3.8, 4) is 16.9 Å². The molecule has 1 aliphatic rings. The van der Waals surface area contributed by atoms with Crippen LogP contribution in [0.25, 0.3) is 11.1 Å². The highest BCUT2D eigenvalue weighted by Gasteiger charge is 2.30. The van der Waals surface area contributed by atoms with Gasteiger partial charge in [-0.2, -0.15) is 0 Å². The fourth-order valence-electron chi connectivity index (χ4n) is 4.09. The summed E-state index contributed by atoms with van der Waals surface area (Å²) in [7, 11) is 1.63. The Kier molecular flexibility index (Phi) is 5.98. The Morgan fingerprint density at radius 1 is 0.970 bits per heavy atom. The molecule has 33 heavy (non-hydrogen) atoms. The highest BCUT2D eigenvalue weighted by molar-refractivity contribution is 6.10. The van der Waals surface area contributed by atoms with Gasteiger partial charge in [0, 0.05) is 11.3 Å². The van der Waals surface area contributed by atoms with E-state index in [4.69, 9.17) is 9.47 Å². The summed E-state index contributed by atoms with van der Waals surface area (Å²) in [4.78, 5) is 27.7. The Morgan fingerprint density at radius 2 is 1.67 bits per heavy atom. The van der Waals surface area contributed by atoms with E-state index in [1.165, 1.54) is 0 Å². The smallest absolute Gasteiger partial charge is 0.313 e. The van der Waals surface area contributed by atoms with E-state index in [9.17, 15) is 9.59 Å². The summed E-state index contributed by atoms with van der Waals surface area (Å²) in [5.41, 5.74) is 4.64. The van der Waals surface area contributed by atoms with Crippen LogP contribution in [-0.4, -0.2) is 24.6 Å². The lowest BCUT2D eigenvalue weighted by Gasteiger charge is -2.25. The SMILES string of the molecule is COc1ccc(-c2cc(N3Cc4ccccc4C3=O)ccc2C(C)C(=O)OC(C)(C)C)cc1. The maximum atomic E-state index is 13.0. The molecular weight excluding hydrogens is 414 g/mol. The Labute approximate surface area is 194 Å². The van der Waals surface area contributed by atoms with Gasteiger partial charge >= 0.3 is 5.97 Å². The van der Waals surface area contributed by atoms with Gasteiger partial charge in [0.2, 0.25) is 0 Å². The van der Waals surface area contributed by atoms with Crippen molar-refractivity contribution in [1.82, 2.24) is 0 Å². The van der Waals surface area contributed by atoms with E-state index in [0.717, 1.165) is 39.3 Å². The second-order valence-corrected chi connectivity index (χ2v) is 9.30. The van der Waals surface area contributed by atoms with E-state index >= 15 is 0 Å². The van der Waals surface area contributed by atoms with Crippen molar-refractivity contribution in [2.75, 3.05) is 12.0 Å². The van der Waals surface area contributed by atoms with E-state index in [0.29, 0.717) is 6.54 Å². The number of carbonyl (C=O) groups excluding carboxylic acids is 2. The van der Waals surface area contributed by atoms with Crippen molar-refractivity contribution in [3.05, 3.63) is 83.4 Å². The van der Waals surface area contributed by atoms with Crippen LogP contribution in [0.2, 0.25) is 0 Å². The second kappa shape index (κ2) is 8.74. The van der Waals surface area contributed by atoms with Gasteiger partial charge in [0.15, 0.2) is 0 Å². The molecule has 0 fully saturated rings. The van der Waals surface area contributed by atoms with Gasteiger partial charge in [0.1, 0.15) is 11.4 Å². The van der Waals surface area contributed by atoms with Crippen molar-refractivity contribution in [3.63, 3.8) is 0 Å². The van der Waals surface area contributed by atoms with Gasteiger partial charge < -0.3 is 14.4 Å². The first-order valence-corrected chi connectivity index (χ1v) is 11.1. The summed E-state index contributed by atoms with van der Waals surface area (Å²) in [5.74, 6) is -0.0162. The van der Waals surface area contributed by atoms with Crippen LogP contribution in [0.1, 0.15) is 55.1 Å². The highest BCUT2D eigenvalue weighted by atomic mass is 16.6. The molecule has 0 saturated carbocycles. The minimum atomic E-state index is -0.570. The highest BCUT2D eigenvalue weighted by Crippen LogP contribution is 2.37. The number of esters is 1. The van der Waals surface area contributed by atoms with Gasteiger partial charge in [-0.15, -0.1) is 0 Å². The molecule has 0 N–H and O–H groups in total. The zero-order valence-electron chi connectivity index (χ0n) is 19.7. The Balaban J connectivity index is 1.76. The van der Waals surface area contributed by atoms with Gasteiger partial charge in [-0.05, 0) is 80.3 Å². The molecule has 3 aromatic rings. The standard InChI is InChI=1S/C28H29NO4/c1-18(27(31)33-28(2,3)4)23-15-12-21(16-25(23)19-10-13-22(32-5)14-11-19)29-17-20-8-6-7-9-24(20)26(29)30/h6-16,18H,17H2,1-5H3. The summed E-state index contributed by atoms with van der Waals surface area (Å²) in [6.45, 7) is 7.97. The third kappa shape index (κ3) is 4.63. The summed E-state index contributed by atoms with van der Waals surface area (Å²) in [6.07, 6.45) is 0. The maximum Gasteiger partial charge on any atom is 0.313 e. The predicted octanol–water partition coefficient (Wildman–Crippen LogP) is 5.97. The fourth-order valence-corrected chi connectivity index (χ4v) is 4.09. The molecule has 0 aromatic heterocycles. The summed E-state index contributed by atoms with van der Waals surface area (Å²) in [5, 5.41) is 0. The van der Waals surface area contributed by atoms with Crippen molar-refractivity contribution in [2.45, 2.75) is 45.8 Å². The molecule has 170 valence electrons. The van der Waals surface area contributed by atoms with Crippen LogP contribution >= 0.6 is 0 Å². The topological polar surface area (TPSA) is 55.8 Å². The van der Waals surface area contributed by atoms with Crippen LogP contribution in [0.15, 0.2) is 66.7 Å². The molecule has 0 bridgehead atoms. The van der Waals surface area contributed by atoms with E-state index in [-0.39, 0.29) is 11.9 Å². The molecule has 1 aliphatic heterocycles. The first-order chi connectivity index (χ1) is 15.7. The maximum absolute atomic E-state index is 13.0. The first kappa shape index (κ1) is 22.6. The third-order valence-corrected chi connectivity index (χ3v) is 5.80. The molecule has 0 spiro atoms. The number of hydrogen-bond donors (Lipinski definition) is 0. The third-order valence-electron chi connectivity index (χ3n) is 5.80. The molecule has 0 aliphatic carbocycles. The van der Waals surface area contributed by atoms with Crippen molar-refractivity contribution < 1.29 is 19.1 Å². The molecule has 5 nitrogen and oxygen atoms in total. The molecule has 4 rings (SSSR count).